The standard InChI is InChI=1S/C72H126O6/c1-4-7-10-13-16-19-22-25-27-29-30-31-32-33-34-35-36-37-38-39-40-41-42-43-45-47-50-53-56-59-62-65-71(74)77-68-69(67-76-70(73)64-61-58-55-52-49-46-24-21-18-15-12-9-6-3)78-72(75)66-63-60-57-54-51-48-44-28-26-23-20-17-14-11-8-5-2/h7,10,16,19-20,23,25,27-28,30-31,33-34,44,69H,4-6,8-9,11-15,17-18,21-22,24,26,29,32,35-43,45-68H2,1-3H3/b10-7-,19-16-,23-20-,27-25-,31-30-,34-33-,44-28-. The minimum Gasteiger partial charge on any atom is -0.462 e. The molecule has 0 rings (SSSR count). The maximum absolute atomic E-state index is 12.9. The van der Waals surface area contributed by atoms with Crippen LogP contribution in [0, 0.1) is 0 Å². The first-order chi connectivity index (χ1) is 38.5. The van der Waals surface area contributed by atoms with Gasteiger partial charge in [0.1, 0.15) is 13.2 Å². The number of unbranched alkanes of at least 4 members (excludes halogenated alkanes) is 36. The Hall–Kier alpha value is -3.41. The molecule has 0 N–H and O–H groups in total. The van der Waals surface area contributed by atoms with Crippen molar-refractivity contribution in [1.29, 1.82) is 0 Å². The molecule has 0 saturated carbocycles. The van der Waals surface area contributed by atoms with E-state index in [0.29, 0.717) is 19.3 Å². The summed E-state index contributed by atoms with van der Waals surface area (Å²) < 4.78 is 16.9. The second kappa shape index (κ2) is 66.1. The molecule has 0 aromatic carbocycles. The number of esters is 3. The highest BCUT2D eigenvalue weighted by Crippen LogP contribution is 2.17. The molecule has 0 bridgehead atoms. The number of rotatable bonds is 61. The van der Waals surface area contributed by atoms with Crippen LogP contribution < -0.4 is 0 Å². The average molecular weight is 1090 g/mol. The Morgan fingerprint density at radius 3 is 0.795 bits per heavy atom. The lowest BCUT2D eigenvalue weighted by atomic mass is 10.0. The third-order valence-electron chi connectivity index (χ3n) is 14.6. The third kappa shape index (κ3) is 63.4. The molecular weight excluding hydrogens is 961 g/mol. The van der Waals surface area contributed by atoms with Gasteiger partial charge in [0.15, 0.2) is 6.10 Å². The molecule has 78 heavy (non-hydrogen) atoms. The van der Waals surface area contributed by atoms with Crippen molar-refractivity contribution in [1.82, 2.24) is 0 Å². The Labute approximate surface area is 484 Å². The minimum absolute atomic E-state index is 0.0773. The van der Waals surface area contributed by atoms with Gasteiger partial charge in [-0.1, -0.05) is 305 Å². The monoisotopic (exact) mass is 1090 g/mol. The number of hydrogen-bond donors (Lipinski definition) is 0. The maximum atomic E-state index is 12.9. The lowest BCUT2D eigenvalue weighted by Crippen LogP contribution is -2.30. The van der Waals surface area contributed by atoms with Crippen LogP contribution in [0.5, 0.6) is 0 Å². The van der Waals surface area contributed by atoms with E-state index >= 15 is 0 Å². The van der Waals surface area contributed by atoms with Crippen molar-refractivity contribution >= 4 is 17.9 Å². The second-order valence-corrected chi connectivity index (χ2v) is 22.4. The molecule has 1 unspecified atom stereocenters. The molecule has 0 spiro atoms. The van der Waals surface area contributed by atoms with E-state index < -0.39 is 6.10 Å². The summed E-state index contributed by atoms with van der Waals surface area (Å²) in [6.45, 7) is 6.53. The van der Waals surface area contributed by atoms with Crippen LogP contribution in [0.1, 0.15) is 335 Å². The molecule has 0 radical (unpaired) electrons. The topological polar surface area (TPSA) is 78.9 Å². The predicted octanol–water partition coefficient (Wildman–Crippen LogP) is 23.1. The fourth-order valence-corrected chi connectivity index (χ4v) is 9.62. The quantitative estimate of drug-likeness (QED) is 0.0261. The normalized spacial score (nSPS) is 12.6. The molecule has 1 atom stereocenters. The van der Waals surface area contributed by atoms with Crippen LogP contribution in [0.15, 0.2) is 85.1 Å². The first kappa shape index (κ1) is 74.6. The highest BCUT2D eigenvalue weighted by atomic mass is 16.6. The van der Waals surface area contributed by atoms with Crippen LogP contribution in [-0.4, -0.2) is 37.2 Å². The molecule has 0 amide bonds. The van der Waals surface area contributed by atoms with Crippen molar-refractivity contribution in [3.63, 3.8) is 0 Å². The SMILES string of the molecule is CC/C=C\C/C=C\C/C=C\C/C=C\C/C=C\CCCCCCCCCCCCCCCCCC(=O)OCC(COC(=O)CCCCCCCCCCCCCCC)OC(=O)CCCCCCC/C=C\C/C=C\CCCCCC. The first-order valence-electron chi connectivity index (χ1n) is 33.6. The second-order valence-electron chi connectivity index (χ2n) is 22.4. The van der Waals surface area contributed by atoms with Crippen molar-refractivity contribution in [2.75, 3.05) is 13.2 Å². The summed E-state index contributed by atoms with van der Waals surface area (Å²) >= 11 is 0. The molecule has 6 heteroatoms. The number of hydrogen-bond acceptors (Lipinski definition) is 6. The molecule has 0 aromatic rings. The lowest BCUT2D eigenvalue weighted by Gasteiger charge is -2.18. The van der Waals surface area contributed by atoms with Crippen LogP contribution >= 0.6 is 0 Å². The zero-order chi connectivity index (χ0) is 56.4. The summed E-state index contributed by atoms with van der Waals surface area (Å²) in [5.41, 5.74) is 0. The summed E-state index contributed by atoms with van der Waals surface area (Å²) in [6, 6.07) is 0. The fraction of sp³-hybridized carbons (Fsp3) is 0.764. The van der Waals surface area contributed by atoms with Crippen LogP contribution in [0.25, 0.3) is 0 Å². The van der Waals surface area contributed by atoms with Crippen LogP contribution in [0.2, 0.25) is 0 Å². The van der Waals surface area contributed by atoms with Crippen molar-refractivity contribution in [2.24, 2.45) is 0 Å². The van der Waals surface area contributed by atoms with Gasteiger partial charge in [0.05, 0.1) is 0 Å². The van der Waals surface area contributed by atoms with E-state index in [1.54, 1.807) is 0 Å². The van der Waals surface area contributed by atoms with Crippen LogP contribution in [0.3, 0.4) is 0 Å². The number of ether oxygens (including phenoxy) is 3. The first-order valence-corrected chi connectivity index (χ1v) is 33.6. The van der Waals surface area contributed by atoms with Gasteiger partial charge in [0, 0.05) is 19.3 Å². The van der Waals surface area contributed by atoms with E-state index in [2.05, 4.69) is 106 Å². The molecule has 0 aromatic heterocycles. The fourth-order valence-electron chi connectivity index (χ4n) is 9.62. The molecule has 0 aliphatic carbocycles. The van der Waals surface area contributed by atoms with Gasteiger partial charge in [-0.2, -0.15) is 0 Å². The summed E-state index contributed by atoms with van der Waals surface area (Å²) in [5.74, 6) is -0.875. The zero-order valence-corrected chi connectivity index (χ0v) is 51.7. The number of carbonyl (C=O) groups is 3. The Kier molecular flexibility index (Phi) is 63.2. The van der Waals surface area contributed by atoms with Gasteiger partial charge in [0.25, 0.3) is 0 Å². The van der Waals surface area contributed by atoms with Crippen molar-refractivity contribution < 1.29 is 28.6 Å². The van der Waals surface area contributed by atoms with Gasteiger partial charge in [0.2, 0.25) is 0 Å². The molecule has 6 nitrogen and oxygen atoms in total. The smallest absolute Gasteiger partial charge is 0.306 e. The van der Waals surface area contributed by atoms with E-state index in [4.69, 9.17) is 14.2 Å². The average Bonchev–Trinajstić information content (AvgIpc) is 3.44. The number of carbonyl (C=O) groups excluding carboxylic acids is 3. The van der Waals surface area contributed by atoms with Crippen molar-refractivity contribution in [3.05, 3.63) is 85.1 Å². The molecular formula is C72H126O6. The van der Waals surface area contributed by atoms with Gasteiger partial charge in [-0.15, -0.1) is 0 Å². The van der Waals surface area contributed by atoms with E-state index in [1.165, 1.54) is 180 Å². The zero-order valence-electron chi connectivity index (χ0n) is 51.7. The predicted molar refractivity (Wildman–Crippen MR) is 339 cm³/mol. The number of allylic oxidation sites excluding steroid dienone is 14. The van der Waals surface area contributed by atoms with E-state index in [-0.39, 0.29) is 31.1 Å². The summed E-state index contributed by atoms with van der Waals surface area (Å²) in [4.78, 5) is 38.3. The van der Waals surface area contributed by atoms with Crippen molar-refractivity contribution in [2.45, 2.75) is 341 Å². The molecule has 450 valence electrons. The summed E-state index contributed by atoms with van der Waals surface area (Å²) in [5, 5.41) is 0. The molecule has 0 aliphatic rings. The molecule has 0 fully saturated rings. The Morgan fingerprint density at radius 2 is 0.500 bits per heavy atom. The minimum atomic E-state index is -0.782. The Bertz CT molecular complexity index is 1480. The molecule has 0 aliphatic heterocycles. The van der Waals surface area contributed by atoms with E-state index in [1.807, 2.05) is 0 Å². The highest BCUT2D eigenvalue weighted by Gasteiger charge is 2.19. The van der Waals surface area contributed by atoms with E-state index in [0.717, 1.165) is 116 Å². The van der Waals surface area contributed by atoms with Gasteiger partial charge in [-0.05, 0) is 96.3 Å². The van der Waals surface area contributed by atoms with Crippen LogP contribution in [-0.2, 0) is 28.6 Å². The molecule has 0 saturated heterocycles. The van der Waals surface area contributed by atoms with Crippen molar-refractivity contribution in [3.8, 4) is 0 Å². The molecule has 0 heterocycles. The highest BCUT2D eigenvalue weighted by molar-refractivity contribution is 5.71. The lowest BCUT2D eigenvalue weighted by molar-refractivity contribution is -0.167. The van der Waals surface area contributed by atoms with Gasteiger partial charge in [-0.3, -0.25) is 14.4 Å². The maximum Gasteiger partial charge on any atom is 0.306 e. The van der Waals surface area contributed by atoms with Gasteiger partial charge in [-0.25, -0.2) is 0 Å². The Morgan fingerprint density at radius 1 is 0.269 bits per heavy atom. The summed E-state index contributed by atoms with van der Waals surface area (Å²) in [6.07, 6.45) is 87.4. The van der Waals surface area contributed by atoms with Gasteiger partial charge >= 0.3 is 17.9 Å². The largest absolute Gasteiger partial charge is 0.462 e. The summed E-state index contributed by atoms with van der Waals surface area (Å²) in [7, 11) is 0. The Balaban J connectivity index is 4.20. The third-order valence-corrected chi connectivity index (χ3v) is 14.6. The van der Waals surface area contributed by atoms with Crippen LogP contribution in [0.4, 0.5) is 0 Å². The van der Waals surface area contributed by atoms with E-state index in [9.17, 15) is 14.4 Å². The van der Waals surface area contributed by atoms with Gasteiger partial charge < -0.3 is 14.2 Å².